The van der Waals surface area contributed by atoms with E-state index in [2.05, 4.69) is 5.32 Å². The zero-order chi connectivity index (χ0) is 16.6. The number of halogens is 3. The van der Waals surface area contributed by atoms with Gasteiger partial charge in [0.05, 0.1) is 0 Å². The number of aromatic hydroxyl groups is 1. The molecular weight excluding hydrogens is 299 g/mol. The van der Waals surface area contributed by atoms with Crippen molar-refractivity contribution >= 4 is 17.4 Å². The molecule has 0 fully saturated rings. The summed E-state index contributed by atoms with van der Waals surface area (Å²) in [7, 11) is 0. The van der Waals surface area contributed by atoms with Crippen LogP contribution in [-0.2, 0) is 9.59 Å². The summed E-state index contributed by atoms with van der Waals surface area (Å²) < 4.78 is 35.8. The van der Waals surface area contributed by atoms with Gasteiger partial charge < -0.3 is 10.4 Å². The molecule has 0 aromatic heterocycles. The maximum Gasteiger partial charge on any atom is 0.449 e. The minimum atomic E-state index is -4.75. The van der Waals surface area contributed by atoms with Crippen LogP contribution >= 0.6 is 0 Å². The third-order valence-corrected chi connectivity index (χ3v) is 3.02. The highest BCUT2D eigenvalue weighted by atomic mass is 19.4. The number of hydrogen-bond acceptors (Lipinski definition) is 3. The summed E-state index contributed by atoms with van der Waals surface area (Å²) in [5.74, 6) is -1.79. The Morgan fingerprint density at radius 1 is 0.955 bits per heavy atom. The van der Waals surface area contributed by atoms with Gasteiger partial charge >= 0.3 is 6.18 Å². The second-order valence-corrected chi connectivity index (χ2v) is 4.93. The van der Waals surface area contributed by atoms with Crippen molar-refractivity contribution in [1.82, 2.24) is 0 Å². The highest BCUT2D eigenvalue weighted by Gasteiger charge is 2.36. The lowest BCUT2D eigenvalue weighted by molar-refractivity contribution is -0.171. The van der Waals surface area contributed by atoms with Crippen molar-refractivity contribution in [1.29, 1.82) is 0 Å². The molecule has 2 N–H and O–H groups in total. The zero-order valence-corrected chi connectivity index (χ0v) is 11.9. The number of alkyl halides is 3. The number of carbonyl (C=O) groups excluding carboxylic acids is 2. The molecule has 0 unspecified atom stereocenters. The lowest BCUT2D eigenvalue weighted by atomic mass is 10.1. The van der Waals surface area contributed by atoms with Crippen LogP contribution in [0.1, 0.15) is 38.5 Å². The van der Waals surface area contributed by atoms with E-state index in [9.17, 15) is 22.8 Å². The molecule has 0 spiro atoms. The molecule has 4 nitrogen and oxygen atoms in total. The van der Waals surface area contributed by atoms with E-state index in [0.29, 0.717) is 24.9 Å². The number of Topliss-reactive ketones (excluding diaryl/α,β-unsaturated/α-hetero) is 1. The molecule has 1 amide bonds. The van der Waals surface area contributed by atoms with Crippen LogP contribution in [0.5, 0.6) is 5.75 Å². The van der Waals surface area contributed by atoms with Gasteiger partial charge in [-0.3, -0.25) is 9.59 Å². The fraction of sp³-hybridized carbons (Fsp3) is 0.467. The number of anilines is 1. The molecule has 22 heavy (non-hydrogen) atoms. The molecular formula is C15H18F3NO3. The van der Waals surface area contributed by atoms with E-state index in [1.54, 1.807) is 12.1 Å². The van der Waals surface area contributed by atoms with Crippen LogP contribution in [-0.4, -0.2) is 23.0 Å². The lowest BCUT2D eigenvalue weighted by Crippen LogP contribution is -2.22. The van der Waals surface area contributed by atoms with Crippen molar-refractivity contribution in [2.24, 2.45) is 0 Å². The summed E-state index contributed by atoms with van der Waals surface area (Å²) in [6.45, 7) is 0. The molecule has 0 aliphatic heterocycles. The van der Waals surface area contributed by atoms with Crippen LogP contribution in [0.2, 0.25) is 0 Å². The van der Waals surface area contributed by atoms with Crippen molar-refractivity contribution in [3.8, 4) is 5.75 Å². The molecule has 0 aliphatic rings. The number of carbonyl (C=O) groups is 2. The lowest BCUT2D eigenvalue weighted by Gasteiger charge is -2.06. The van der Waals surface area contributed by atoms with E-state index in [1.807, 2.05) is 0 Å². The van der Waals surface area contributed by atoms with Crippen molar-refractivity contribution in [3.05, 3.63) is 24.3 Å². The zero-order valence-electron chi connectivity index (χ0n) is 11.9. The van der Waals surface area contributed by atoms with Gasteiger partial charge in [0.1, 0.15) is 5.75 Å². The molecule has 0 bridgehead atoms. The summed E-state index contributed by atoms with van der Waals surface area (Å²) in [5.41, 5.74) is 0.568. The minimum absolute atomic E-state index is 0.103. The Kier molecular flexibility index (Phi) is 6.88. The maximum absolute atomic E-state index is 11.9. The molecule has 1 aromatic rings. The van der Waals surface area contributed by atoms with Crippen LogP contribution in [0.15, 0.2) is 24.3 Å². The topological polar surface area (TPSA) is 66.4 Å². The molecule has 0 atom stereocenters. The number of phenolic OH excluding ortho intramolecular Hbond substituents is 1. The molecule has 0 radical (unpaired) electrons. The number of ketones is 1. The van der Waals surface area contributed by atoms with E-state index in [1.165, 1.54) is 12.1 Å². The quantitative estimate of drug-likeness (QED) is 0.566. The standard InChI is InChI=1S/C15H18F3NO3/c16-15(17,18)13(21)5-3-1-2-4-6-14(22)19-11-7-9-12(20)10-8-11/h7-10,20H,1-6H2,(H,19,22). The fourth-order valence-electron chi connectivity index (χ4n) is 1.83. The van der Waals surface area contributed by atoms with Gasteiger partial charge in [0.2, 0.25) is 11.7 Å². The van der Waals surface area contributed by atoms with Gasteiger partial charge in [-0.1, -0.05) is 12.8 Å². The first kappa shape index (κ1) is 18.0. The number of hydrogen-bond donors (Lipinski definition) is 2. The van der Waals surface area contributed by atoms with Crippen molar-refractivity contribution < 1.29 is 27.9 Å². The highest BCUT2D eigenvalue weighted by Crippen LogP contribution is 2.20. The molecule has 0 saturated carbocycles. The van der Waals surface area contributed by atoms with Gasteiger partial charge in [-0.2, -0.15) is 13.2 Å². The number of amides is 1. The Bertz CT molecular complexity index is 498. The minimum Gasteiger partial charge on any atom is -0.508 e. The van der Waals surface area contributed by atoms with E-state index in [-0.39, 0.29) is 24.5 Å². The van der Waals surface area contributed by atoms with Crippen LogP contribution in [0.25, 0.3) is 0 Å². The first-order valence-electron chi connectivity index (χ1n) is 6.98. The number of benzene rings is 1. The maximum atomic E-state index is 11.9. The fourth-order valence-corrected chi connectivity index (χ4v) is 1.83. The van der Waals surface area contributed by atoms with Crippen LogP contribution in [0.4, 0.5) is 18.9 Å². The van der Waals surface area contributed by atoms with Crippen LogP contribution in [0.3, 0.4) is 0 Å². The van der Waals surface area contributed by atoms with E-state index >= 15 is 0 Å². The molecule has 0 saturated heterocycles. The summed E-state index contributed by atoms with van der Waals surface area (Å²) >= 11 is 0. The number of unbranched alkanes of at least 4 members (excludes halogenated alkanes) is 3. The van der Waals surface area contributed by atoms with Crippen LogP contribution in [0, 0.1) is 0 Å². The molecule has 0 heterocycles. The van der Waals surface area contributed by atoms with Crippen molar-refractivity contribution in [2.45, 2.75) is 44.7 Å². The van der Waals surface area contributed by atoms with Gasteiger partial charge in [0.15, 0.2) is 0 Å². The average Bonchev–Trinajstić information content (AvgIpc) is 2.44. The third kappa shape index (κ3) is 7.10. The Balaban J connectivity index is 2.11. The predicted octanol–water partition coefficient (Wildman–Crippen LogP) is 3.80. The Hall–Kier alpha value is -2.05. The molecule has 1 aromatic carbocycles. The Morgan fingerprint density at radius 3 is 2.05 bits per heavy atom. The molecule has 0 aliphatic carbocycles. The number of phenols is 1. The van der Waals surface area contributed by atoms with Crippen LogP contribution < -0.4 is 5.32 Å². The van der Waals surface area contributed by atoms with Gasteiger partial charge in [0, 0.05) is 18.5 Å². The monoisotopic (exact) mass is 317 g/mol. The first-order chi connectivity index (χ1) is 10.3. The predicted molar refractivity (Wildman–Crippen MR) is 75.5 cm³/mol. The summed E-state index contributed by atoms with van der Waals surface area (Å²) in [4.78, 5) is 22.2. The molecule has 1 rings (SSSR count). The molecule has 122 valence electrons. The Morgan fingerprint density at radius 2 is 1.50 bits per heavy atom. The third-order valence-electron chi connectivity index (χ3n) is 3.02. The van der Waals surface area contributed by atoms with E-state index in [4.69, 9.17) is 5.11 Å². The number of rotatable bonds is 8. The van der Waals surface area contributed by atoms with Crippen molar-refractivity contribution in [2.75, 3.05) is 5.32 Å². The largest absolute Gasteiger partial charge is 0.508 e. The summed E-state index contributed by atoms with van der Waals surface area (Å²) in [6, 6.07) is 6.03. The summed E-state index contributed by atoms with van der Waals surface area (Å²) in [5, 5.41) is 11.7. The van der Waals surface area contributed by atoms with Gasteiger partial charge in [-0.15, -0.1) is 0 Å². The van der Waals surface area contributed by atoms with E-state index in [0.717, 1.165) is 0 Å². The van der Waals surface area contributed by atoms with Crippen molar-refractivity contribution in [3.63, 3.8) is 0 Å². The summed E-state index contributed by atoms with van der Waals surface area (Å²) in [6.07, 6.45) is -3.19. The normalized spacial score (nSPS) is 11.2. The van der Waals surface area contributed by atoms with Gasteiger partial charge in [0.25, 0.3) is 0 Å². The second kappa shape index (κ2) is 8.41. The first-order valence-corrected chi connectivity index (χ1v) is 6.98. The number of nitrogens with one attached hydrogen (secondary N) is 1. The Labute approximate surface area is 126 Å². The molecule has 7 heteroatoms. The van der Waals surface area contributed by atoms with E-state index < -0.39 is 18.4 Å². The smallest absolute Gasteiger partial charge is 0.449 e. The van der Waals surface area contributed by atoms with Gasteiger partial charge in [-0.05, 0) is 37.1 Å². The van der Waals surface area contributed by atoms with Gasteiger partial charge in [-0.25, -0.2) is 0 Å². The average molecular weight is 317 g/mol. The second-order valence-electron chi connectivity index (χ2n) is 4.93. The highest BCUT2D eigenvalue weighted by molar-refractivity contribution is 5.90. The SMILES string of the molecule is O=C(CCCCCCC(=O)C(F)(F)F)Nc1ccc(O)cc1.